The van der Waals surface area contributed by atoms with Crippen LogP contribution in [0.1, 0.15) is 56.9 Å². The lowest BCUT2D eigenvalue weighted by molar-refractivity contribution is -0.136. The topological polar surface area (TPSA) is 51.7 Å². The fourth-order valence-electron chi connectivity index (χ4n) is 4.24. The zero-order chi connectivity index (χ0) is 19.9. The highest BCUT2D eigenvalue weighted by Gasteiger charge is 2.28. The van der Waals surface area contributed by atoms with Crippen molar-refractivity contribution in [2.24, 2.45) is 5.92 Å². The van der Waals surface area contributed by atoms with Gasteiger partial charge in [-0.2, -0.15) is 0 Å². The monoisotopic (exact) mass is 394 g/mol. The van der Waals surface area contributed by atoms with Crippen molar-refractivity contribution in [3.63, 3.8) is 0 Å². The predicted molar refractivity (Wildman–Crippen MR) is 112 cm³/mol. The van der Waals surface area contributed by atoms with Crippen molar-refractivity contribution >= 4 is 5.91 Å². The van der Waals surface area contributed by atoms with Gasteiger partial charge in [0.15, 0.2) is 11.5 Å². The molecule has 0 N–H and O–H groups in total. The molecule has 4 rings (SSSR count). The Kier molecular flexibility index (Phi) is 6.65. The molecule has 2 aromatic rings. The average Bonchev–Trinajstić information content (AvgIpc) is 3.28. The van der Waals surface area contributed by atoms with E-state index in [9.17, 15) is 4.79 Å². The third kappa shape index (κ3) is 5.08. The first kappa shape index (κ1) is 19.7. The van der Waals surface area contributed by atoms with Crippen molar-refractivity contribution in [3.05, 3.63) is 48.2 Å². The molecule has 5 nitrogen and oxygen atoms in total. The number of para-hydroxylation sites is 2. The largest absolute Gasteiger partial charge is 0.490 e. The molecule has 154 valence electrons. The van der Waals surface area contributed by atoms with Crippen LogP contribution in [0.15, 0.2) is 42.6 Å². The lowest BCUT2D eigenvalue weighted by Gasteiger charge is -2.27. The van der Waals surface area contributed by atoms with Crippen molar-refractivity contribution in [1.82, 2.24) is 9.88 Å². The minimum absolute atomic E-state index is 0.184. The summed E-state index contributed by atoms with van der Waals surface area (Å²) in [6, 6.07) is 11.6. The van der Waals surface area contributed by atoms with E-state index < -0.39 is 0 Å². The molecule has 1 aliphatic heterocycles. The Balaban J connectivity index is 1.61. The van der Waals surface area contributed by atoms with E-state index in [1.807, 2.05) is 41.3 Å². The van der Waals surface area contributed by atoms with Crippen molar-refractivity contribution in [2.45, 2.75) is 57.9 Å². The maximum absolute atomic E-state index is 13.2. The molecule has 1 aliphatic carbocycles. The zero-order valence-electron chi connectivity index (χ0n) is 17.0. The Labute approximate surface area is 173 Å². The van der Waals surface area contributed by atoms with Gasteiger partial charge in [0.25, 0.3) is 0 Å². The number of hydrogen-bond acceptors (Lipinski definition) is 4. The molecule has 0 radical (unpaired) electrons. The summed E-state index contributed by atoms with van der Waals surface area (Å²) < 4.78 is 12.1. The molecular weight excluding hydrogens is 364 g/mol. The first-order valence-corrected chi connectivity index (χ1v) is 10.9. The molecule has 1 aromatic carbocycles. The molecule has 1 aromatic heterocycles. The molecule has 2 heterocycles. The second-order valence-electron chi connectivity index (χ2n) is 8.02. The lowest BCUT2D eigenvalue weighted by Crippen LogP contribution is -2.35. The number of ether oxygens (including phenoxy) is 2. The minimum atomic E-state index is 0.184. The highest BCUT2D eigenvalue weighted by atomic mass is 16.5. The van der Waals surface area contributed by atoms with Gasteiger partial charge in [-0.15, -0.1) is 0 Å². The second-order valence-corrected chi connectivity index (χ2v) is 8.02. The summed E-state index contributed by atoms with van der Waals surface area (Å²) >= 11 is 0. The number of amides is 1. The summed E-state index contributed by atoms with van der Waals surface area (Å²) in [5.74, 6) is 2.43. The fraction of sp³-hybridized carbons (Fsp3) is 0.500. The molecule has 2 aliphatic rings. The molecule has 0 bridgehead atoms. The standard InChI is InChI=1S/C24H30N2O3/c27-24(19-10-3-4-11-19)26-16-7-1-2-8-17-28-21-13-5-6-14-22(21)29-23-20(18-26)12-9-15-25-23/h5-6,9,12-15,19H,1-4,7-8,10-11,16-18H2. The van der Waals surface area contributed by atoms with Crippen LogP contribution in [0, 0.1) is 5.92 Å². The Morgan fingerprint density at radius 1 is 0.931 bits per heavy atom. The Morgan fingerprint density at radius 3 is 2.59 bits per heavy atom. The number of rotatable bonds is 1. The van der Waals surface area contributed by atoms with Gasteiger partial charge in [0.2, 0.25) is 11.8 Å². The molecule has 1 fully saturated rings. The average molecular weight is 395 g/mol. The second kappa shape index (κ2) is 9.77. The van der Waals surface area contributed by atoms with Crippen LogP contribution in [-0.2, 0) is 11.3 Å². The molecule has 0 atom stereocenters. The van der Waals surface area contributed by atoms with Crippen LogP contribution in [0.2, 0.25) is 0 Å². The van der Waals surface area contributed by atoms with Crippen LogP contribution in [0.4, 0.5) is 0 Å². The lowest BCUT2D eigenvalue weighted by atomic mass is 10.1. The summed E-state index contributed by atoms with van der Waals surface area (Å²) in [5.41, 5.74) is 0.936. The van der Waals surface area contributed by atoms with Crippen molar-refractivity contribution in [3.8, 4) is 17.4 Å². The Morgan fingerprint density at radius 2 is 1.72 bits per heavy atom. The molecule has 0 spiro atoms. The van der Waals surface area contributed by atoms with Gasteiger partial charge >= 0.3 is 0 Å². The van der Waals surface area contributed by atoms with E-state index in [4.69, 9.17) is 9.47 Å². The minimum Gasteiger partial charge on any atom is -0.490 e. The first-order valence-electron chi connectivity index (χ1n) is 10.9. The van der Waals surface area contributed by atoms with E-state index in [-0.39, 0.29) is 5.92 Å². The first-order chi connectivity index (χ1) is 14.3. The predicted octanol–water partition coefficient (Wildman–Crippen LogP) is 5.35. The normalized spacial score (nSPS) is 18.7. The SMILES string of the molecule is O=C(C1CCCC1)N1CCCCCCOc2ccccc2Oc2ncccc2C1. The van der Waals surface area contributed by atoms with E-state index in [0.29, 0.717) is 30.7 Å². The smallest absolute Gasteiger partial charge is 0.225 e. The third-order valence-electron chi connectivity index (χ3n) is 5.86. The van der Waals surface area contributed by atoms with Gasteiger partial charge in [-0.1, -0.05) is 43.9 Å². The van der Waals surface area contributed by atoms with Gasteiger partial charge < -0.3 is 14.4 Å². The van der Waals surface area contributed by atoms with Crippen LogP contribution in [0.3, 0.4) is 0 Å². The molecule has 5 heteroatoms. The quantitative estimate of drug-likeness (QED) is 0.655. The van der Waals surface area contributed by atoms with Gasteiger partial charge in [0.05, 0.1) is 13.2 Å². The summed E-state index contributed by atoms with van der Waals surface area (Å²) in [6.45, 7) is 2.00. The maximum Gasteiger partial charge on any atom is 0.225 e. The number of pyridine rings is 1. The molecular formula is C24H30N2O3. The van der Waals surface area contributed by atoms with Gasteiger partial charge in [-0.25, -0.2) is 4.98 Å². The van der Waals surface area contributed by atoms with Gasteiger partial charge in [-0.05, 0) is 43.9 Å². The highest BCUT2D eigenvalue weighted by molar-refractivity contribution is 5.79. The van der Waals surface area contributed by atoms with E-state index in [1.54, 1.807) is 6.20 Å². The van der Waals surface area contributed by atoms with Crippen molar-refractivity contribution < 1.29 is 14.3 Å². The number of benzene rings is 1. The van der Waals surface area contributed by atoms with Gasteiger partial charge in [0.1, 0.15) is 0 Å². The molecule has 1 amide bonds. The van der Waals surface area contributed by atoms with E-state index in [2.05, 4.69) is 4.98 Å². The van der Waals surface area contributed by atoms with Crippen molar-refractivity contribution in [2.75, 3.05) is 13.2 Å². The highest BCUT2D eigenvalue weighted by Crippen LogP contribution is 2.33. The number of carbonyl (C=O) groups is 1. The van der Waals surface area contributed by atoms with Crippen molar-refractivity contribution in [1.29, 1.82) is 0 Å². The van der Waals surface area contributed by atoms with E-state index >= 15 is 0 Å². The van der Waals surface area contributed by atoms with Crippen LogP contribution >= 0.6 is 0 Å². The van der Waals surface area contributed by atoms with Crippen LogP contribution in [0.25, 0.3) is 0 Å². The molecule has 0 saturated heterocycles. The van der Waals surface area contributed by atoms with Crippen LogP contribution < -0.4 is 9.47 Å². The van der Waals surface area contributed by atoms with Crippen LogP contribution in [0.5, 0.6) is 17.4 Å². The van der Waals surface area contributed by atoms with Gasteiger partial charge in [-0.3, -0.25) is 4.79 Å². The summed E-state index contributed by atoms with van der Waals surface area (Å²) in [4.78, 5) is 19.7. The number of fused-ring (bicyclic) bond motifs is 2. The summed E-state index contributed by atoms with van der Waals surface area (Å²) in [5, 5.41) is 0. The molecule has 1 saturated carbocycles. The molecule has 0 unspecified atom stereocenters. The number of aromatic nitrogens is 1. The Bertz CT molecular complexity index is 817. The third-order valence-corrected chi connectivity index (χ3v) is 5.86. The summed E-state index contributed by atoms with van der Waals surface area (Å²) in [7, 11) is 0. The van der Waals surface area contributed by atoms with E-state index in [0.717, 1.165) is 56.4 Å². The number of hydrogen-bond donors (Lipinski definition) is 0. The number of nitrogens with zero attached hydrogens (tertiary/aromatic N) is 2. The Hall–Kier alpha value is -2.56. The zero-order valence-corrected chi connectivity index (χ0v) is 17.0. The number of carbonyl (C=O) groups excluding carboxylic acids is 1. The maximum atomic E-state index is 13.2. The summed E-state index contributed by atoms with van der Waals surface area (Å²) in [6.07, 6.45) is 10.3. The van der Waals surface area contributed by atoms with E-state index in [1.165, 1.54) is 12.8 Å². The van der Waals surface area contributed by atoms with Gasteiger partial charge in [0, 0.05) is 24.2 Å². The van der Waals surface area contributed by atoms with Crippen LogP contribution in [-0.4, -0.2) is 28.9 Å². The molecule has 29 heavy (non-hydrogen) atoms. The fourth-order valence-corrected chi connectivity index (χ4v) is 4.24.